The maximum absolute atomic E-state index is 6.36. The summed E-state index contributed by atoms with van der Waals surface area (Å²) in [4.78, 5) is 0. The molecule has 0 aromatic heterocycles. The fourth-order valence-corrected chi connectivity index (χ4v) is 3.65. The third kappa shape index (κ3) is 5.16. The molecule has 1 fully saturated rings. The molecule has 0 amide bonds. The zero-order valence-electron chi connectivity index (χ0n) is 13.4. The van der Waals surface area contributed by atoms with E-state index in [1.807, 2.05) is 12.1 Å². The normalized spacial score (nSPS) is 23.3. The van der Waals surface area contributed by atoms with E-state index in [2.05, 4.69) is 32.2 Å². The summed E-state index contributed by atoms with van der Waals surface area (Å²) in [6.45, 7) is 7.81. The van der Waals surface area contributed by atoms with Crippen LogP contribution in [0.25, 0.3) is 0 Å². The Morgan fingerprint density at radius 2 is 1.76 bits per heavy atom. The molecule has 0 saturated heterocycles. The van der Waals surface area contributed by atoms with Gasteiger partial charge in [0.2, 0.25) is 0 Å². The maximum Gasteiger partial charge on any atom is 0.0624 e. The number of benzene rings is 1. The van der Waals surface area contributed by atoms with E-state index >= 15 is 0 Å². The minimum Gasteiger partial charge on any atom is -0.312 e. The van der Waals surface area contributed by atoms with E-state index in [0.29, 0.717) is 10.9 Å². The van der Waals surface area contributed by atoms with Gasteiger partial charge in [-0.2, -0.15) is 0 Å². The lowest BCUT2D eigenvalue weighted by molar-refractivity contribution is 0.213. The molecule has 21 heavy (non-hydrogen) atoms. The molecule has 1 aliphatic carbocycles. The molecule has 1 saturated carbocycles. The van der Waals surface area contributed by atoms with Crippen molar-refractivity contribution in [1.82, 2.24) is 5.32 Å². The van der Waals surface area contributed by atoms with Gasteiger partial charge in [0.1, 0.15) is 0 Å². The Balaban J connectivity index is 2.03. The van der Waals surface area contributed by atoms with Crippen molar-refractivity contribution in [1.29, 1.82) is 0 Å². The predicted molar refractivity (Wildman–Crippen MR) is 93.4 cm³/mol. The molecule has 1 N–H and O–H groups in total. The van der Waals surface area contributed by atoms with E-state index in [1.54, 1.807) is 0 Å². The van der Waals surface area contributed by atoms with Crippen molar-refractivity contribution in [2.24, 2.45) is 11.8 Å². The molecule has 0 bridgehead atoms. The lowest BCUT2D eigenvalue weighted by Gasteiger charge is -2.34. The van der Waals surface area contributed by atoms with Gasteiger partial charge in [-0.15, -0.1) is 0 Å². The Hall–Kier alpha value is -0.240. The van der Waals surface area contributed by atoms with Crippen LogP contribution in [0.5, 0.6) is 0 Å². The lowest BCUT2D eigenvalue weighted by atomic mass is 9.76. The van der Waals surface area contributed by atoms with Gasteiger partial charge in [0, 0.05) is 5.54 Å². The molecule has 0 spiro atoms. The van der Waals surface area contributed by atoms with Crippen molar-refractivity contribution in [2.75, 3.05) is 6.54 Å². The molecule has 0 heterocycles. The van der Waals surface area contributed by atoms with Gasteiger partial charge < -0.3 is 5.32 Å². The predicted octanol–water partition coefficient (Wildman–Crippen LogP) is 5.73. The highest BCUT2D eigenvalue weighted by molar-refractivity contribution is 6.42. The van der Waals surface area contributed by atoms with E-state index < -0.39 is 0 Å². The smallest absolute Gasteiger partial charge is 0.0624 e. The molecule has 2 atom stereocenters. The van der Waals surface area contributed by atoms with Gasteiger partial charge in [0.25, 0.3) is 0 Å². The van der Waals surface area contributed by atoms with Crippen LogP contribution in [0.3, 0.4) is 0 Å². The fraction of sp³-hybridized carbons (Fsp3) is 0.667. The van der Waals surface area contributed by atoms with Crippen molar-refractivity contribution in [3.8, 4) is 0 Å². The summed E-state index contributed by atoms with van der Waals surface area (Å²) >= 11 is 12.5. The zero-order chi connectivity index (χ0) is 15.5. The molecule has 0 aliphatic heterocycles. The van der Waals surface area contributed by atoms with Gasteiger partial charge in [-0.1, -0.05) is 48.2 Å². The Kier molecular flexibility index (Phi) is 5.99. The Morgan fingerprint density at radius 3 is 2.43 bits per heavy atom. The standard InChI is InChI=1S/C18H27Cl2N/c1-18(2,3)21-12-15-8-5-4-7-13(15)11-14-9-6-10-16(19)17(14)20/h6,9-10,13,15,21H,4-5,7-8,11-12H2,1-3H3. The van der Waals surface area contributed by atoms with Crippen molar-refractivity contribution in [3.05, 3.63) is 33.8 Å². The number of hydrogen-bond acceptors (Lipinski definition) is 1. The van der Waals surface area contributed by atoms with Crippen LogP contribution in [0.4, 0.5) is 0 Å². The average molecular weight is 328 g/mol. The molecule has 1 aromatic carbocycles. The monoisotopic (exact) mass is 327 g/mol. The Labute approximate surface area is 139 Å². The van der Waals surface area contributed by atoms with Crippen molar-refractivity contribution < 1.29 is 0 Å². The minimum atomic E-state index is 0.190. The van der Waals surface area contributed by atoms with Crippen LogP contribution in [0.2, 0.25) is 10.0 Å². The van der Waals surface area contributed by atoms with E-state index in [9.17, 15) is 0 Å². The largest absolute Gasteiger partial charge is 0.312 e. The van der Waals surface area contributed by atoms with E-state index in [0.717, 1.165) is 23.9 Å². The molecule has 1 nitrogen and oxygen atoms in total. The van der Waals surface area contributed by atoms with Crippen molar-refractivity contribution in [3.63, 3.8) is 0 Å². The highest BCUT2D eigenvalue weighted by Gasteiger charge is 2.27. The first-order valence-corrected chi connectivity index (χ1v) is 8.80. The van der Waals surface area contributed by atoms with E-state index in [1.165, 1.54) is 31.2 Å². The quantitative estimate of drug-likeness (QED) is 0.744. The zero-order valence-corrected chi connectivity index (χ0v) is 14.9. The van der Waals surface area contributed by atoms with Crippen LogP contribution in [0.15, 0.2) is 18.2 Å². The van der Waals surface area contributed by atoms with Crippen LogP contribution in [-0.2, 0) is 6.42 Å². The van der Waals surface area contributed by atoms with Gasteiger partial charge in [-0.05, 0) is 70.0 Å². The van der Waals surface area contributed by atoms with Crippen LogP contribution in [0, 0.1) is 11.8 Å². The summed E-state index contributed by atoms with van der Waals surface area (Å²) in [5, 5.41) is 5.09. The fourth-order valence-electron chi connectivity index (χ4n) is 3.25. The SMILES string of the molecule is CC(C)(C)NCC1CCCCC1Cc1cccc(Cl)c1Cl. The Bertz CT molecular complexity index is 465. The van der Waals surface area contributed by atoms with Crippen molar-refractivity contribution >= 4 is 23.2 Å². The summed E-state index contributed by atoms with van der Waals surface area (Å²) in [7, 11) is 0. The molecule has 2 rings (SSSR count). The van der Waals surface area contributed by atoms with Gasteiger partial charge in [0.15, 0.2) is 0 Å². The number of nitrogens with one attached hydrogen (secondary N) is 1. The second-order valence-corrected chi connectivity index (χ2v) is 8.14. The summed E-state index contributed by atoms with van der Waals surface area (Å²) in [5.41, 5.74) is 1.40. The van der Waals surface area contributed by atoms with E-state index in [-0.39, 0.29) is 5.54 Å². The summed E-state index contributed by atoms with van der Waals surface area (Å²) in [6, 6.07) is 6.00. The second-order valence-electron chi connectivity index (χ2n) is 7.35. The third-order valence-electron chi connectivity index (χ3n) is 4.47. The molecule has 2 unspecified atom stereocenters. The molecule has 118 valence electrons. The highest BCUT2D eigenvalue weighted by atomic mass is 35.5. The summed E-state index contributed by atoms with van der Waals surface area (Å²) in [6.07, 6.45) is 6.38. The van der Waals surface area contributed by atoms with Crippen LogP contribution < -0.4 is 5.32 Å². The van der Waals surface area contributed by atoms with Gasteiger partial charge >= 0.3 is 0 Å². The molecule has 1 aromatic rings. The maximum atomic E-state index is 6.36. The number of halogens is 2. The first-order valence-electron chi connectivity index (χ1n) is 8.05. The second kappa shape index (κ2) is 7.35. The third-order valence-corrected chi connectivity index (χ3v) is 5.33. The summed E-state index contributed by atoms with van der Waals surface area (Å²) < 4.78 is 0. The van der Waals surface area contributed by atoms with Crippen LogP contribution in [0.1, 0.15) is 52.0 Å². The van der Waals surface area contributed by atoms with Gasteiger partial charge in [-0.3, -0.25) is 0 Å². The van der Waals surface area contributed by atoms with Crippen molar-refractivity contribution in [2.45, 2.75) is 58.4 Å². The average Bonchev–Trinajstić information content (AvgIpc) is 2.42. The van der Waals surface area contributed by atoms with Crippen LogP contribution >= 0.6 is 23.2 Å². The first-order chi connectivity index (χ1) is 9.87. The topological polar surface area (TPSA) is 12.0 Å². The molecule has 3 heteroatoms. The minimum absolute atomic E-state index is 0.190. The first kappa shape index (κ1) is 17.1. The highest BCUT2D eigenvalue weighted by Crippen LogP contribution is 2.35. The van der Waals surface area contributed by atoms with Crippen LogP contribution in [-0.4, -0.2) is 12.1 Å². The lowest BCUT2D eigenvalue weighted by Crippen LogP contribution is -2.41. The number of hydrogen-bond donors (Lipinski definition) is 1. The van der Waals surface area contributed by atoms with Gasteiger partial charge in [-0.25, -0.2) is 0 Å². The number of rotatable bonds is 4. The van der Waals surface area contributed by atoms with Gasteiger partial charge in [0.05, 0.1) is 10.0 Å². The molecule has 0 radical (unpaired) electrons. The van der Waals surface area contributed by atoms with E-state index in [4.69, 9.17) is 23.2 Å². The summed E-state index contributed by atoms with van der Waals surface area (Å²) in [5.74, 6) is 1.46. The molecule has 1 aliphatic rings. The Morgan fingerprint density at radius 1 is 1.10 bits per heavy atom. The molecular weight excluding hydrogens is 301 g/mol. The molecular formula is C18H27Cl2N.